The molecule has 0 unspecified atom stereocenters. The molecule has 0 aliphatic heterocycles. The molecule has 2 rings (SSSR count). The fraction of sp³-hybridized carbons (Fsp3) is 0.421. The van der Waals surface area contributed by atoms with Gasteiger partial charge in [0, 0.05) is 24.3 Å². The molecule has 0 radical (unpaired) electrons. The lowest BCUT2D eigenvalue weighted by Gasteiger charge is -2.13. The number of carbonyl (C=O) groups excluding carboxylic acids is 2. The Morgan fingerprint density at radius 2 is 2.00 bits per heavy atom. The van der Waals surface area contributed by atoms with Gasteiger partial charge in [-0.05, 0) is 31.0 Å². The highest BCUT2D eigenvalue weighted by Crippen LogP contribution is 2.28. The molecular weight excluding hydrogens is 368 g/mol. The van der Waals surface area contributed by atoms with Crippen LogP contribution in [0, 0.1) is 0 Å². The predicted octanol–water partition coefficient (Wildman–Crippen LogP) is 1.48. The Labute approximate surface area is 162 Å². The quantitative estimate of drug-likeness (QED) is 0.623. The van der Waals surface area contributed by atoms with Gasteiger partial charge in [0.25, 0.3) is 0 Å². The highest BCUT2D eigenvalue weighted by atomic mass is 32.1. The van der Waals surface area contributed by atoms with Crippen LogP contribution >= 0.6 is 11.3 Å². The van der Waals surface area contributed by atoms with Crippen molar-refractivity contribution in [2.45, 2.75) is 39.7 Å². The Kier molecular flexibility index (Phi) is 8.06. The van der Waals surface area contributed by atoms with E-state index in [9.17, 15) is 14.7 Å². The molecule has 2 aromatic rings. The molecule has 0 saturated heterocycles. The molecule has 27 heavy (non-hydrogen) atoms. The van der Waals surface area contributed by atoms with Gasteiger partial charge in [-0.3, -0.25) is 4.79 Å². The van der Waals surface area contributed by atoms with E-state index in [-0.39, 0.29) is 18.7 Å². The zero-order valence-corrected chi connectivity index (χ0v) is 16.3. The standard InChI is InChI=1S/C19H24N2O5S/c1-3-7-26-15-6-5-13(8-16(15)25-4-2)11-20-17(22)10-18-21-14(12-27-18)9-19(23)24/h5-6,8,12H,3-4,7,9-11H2,1-2H3,(H,20,22)(H,23,24)/p-1. The molecule has 1 amide bonds. The average Bonchev–Trinajstić information content (AvgIpc) is 3.05. The number of nitrogens with one attached hydrogen (secondary N) is 1. The topological polar surface area (TPSA) is 101 Å². The number of hydrogen-bond acceptors (Lipinski definition) is 7. The van der Waals surface area contributed by atoms with Crippen molar-refractivity contribution in [1.82, 2.24) is 10.3 Å². The van der Waals surface area contributed by atoms with Crippen LogP contribution in [-0.2, 0) is 29.0 Å². The molecule has 7 nitrogen and oxygen atoms in total. The summed E-state index contributed by atoms with van der Waals surface area (Å²) in [6.45, 7) is 5.43. The summed E-state index contributed by atoms with van der Waals surface area (Å²) in [6.07, 6.45) is 0.767. The Bertz CT molecular complexity index is 775. The summed E-state index contributed by atoms with van der Waals surface area (Å²) in [6, 6.07) is 5.58. The molecule has 1 N–H and O–H groups in total. The first-order chi connectivity index (χ1) is 13.0. The number of thiazole rings is 1. The van der Waals surface area contributed by atoms with Gasteiger partial charge in [0.1, 0.15) is 5.01 Å². The third kappa shape index (κ3) is 6.90. The Morgan fingerprint density at radius 1 is 1.19 bits per heavy atom. The van der Waals surface area contributed by atoms with Gasteiger partial charge in [-0.1, -0.05) is 13.0 Å². The van der Waals surface area contributed by atoms with Crippen LogP contribution in [0.5, 0.6) is 11.5 Å². The number of amides is 1. The van der Waals surface area contributed by atoms with Gasteiger partial charge in [-0.15, -0.1) is 11.3 Å². The maximum absolute atomic E-state index is 12.1. The monoisotopic (exact) mass is 391 g/mol. The van der Waals surface area contributed by atoms with Crippen LogP contribution in [0.2, 0.25) is 0 Å². The maximum Gasteiger partial charge on any atom is 0.227 e. The fourth-order valence-electron chi connectivity index (χ4n) is 2.32. The number of rotatable bonds is 11. The number of aromatic nitrogens is 1. The summed E-state index contributed by atoms with van der Waals surface area (Å²) in [5, 5.41) is 15.6. The molecule has 8 heteroatoms. The smallest absolute Gasteiger partial charge is 0.227 e. The first-order valence-corrected chi connectivity index (χ1v) is 9.68. The van der Waals surface area contributed by atoms with Crippen LogP contribution in [0.3, 0.4) is 0 Å². The Hall–Kier alpha value is -2.61. The van der Waals surface area contributed by atoms with E-state index >= 15 is 0 Å². The summed E-state index contributed by atoms with van der Waals surface area (Å²) in [5.74, 6) is -0.0251. The van der Waals surface area contributed by atoms with Gasteiger partial charge in [0.05, 0.1) is 25.3 Å². The lowest BCUT2D eigenvalue weighted by Crippen LogP contribution is -2.25. The van der Waals surface area contributed by atoms with Crippen molar-refractivity contribution < 1.29 is 24.2 Å². The van der Waals surface area contributed by atoms with E-state index in [2.05, 4.69) is 10.3 Å². The third-order valence-corrected chi connectivity index (χ3v) is 4.39. The molecule has 0 bridgehead atoms. The van der Waals surface area contributed by atoms with Crippen LogP contribution in [0.4, 0.5) is 0 Å². The number of aliphatic carboxylic acids is 1. The van der Waals surface area contributed by atoms with Gasteiger partial charge >= 0.3 is 0 Å². The molecule has 0 atom stereocenters. The Morgan fingerprint density at radius 3 is 2.70 bits per heavy atom. The Balaban J connectivity index is 1.91. The van der Waals surface area contributed by atoms with E-state index in [4.69, 9.17) is 9.47 Å². The summed E-state index contributed by atoms with van der Waals surface area (Å²) < 4.78 is 11.3. The number of carboxylic acids is 1. The number of hydrogen-bond donors (Lipinski definition) is 1. The lowest BCUT2D eigenvalue weighted by atomic mass is 10.2. The molecule has 146 valence electrons. The molecular formula is C19H23N2O5S-. The van der Waals surface area contributed by atoms with E-state index in [0.717, 1.165) is 12.0 Å². The van der Waals surface area contributed by atoms with Gasteiger partial charge in [0.2, 0.25) is 5.91 Å². The van der Waals surface area contributed by atoms with Crippen molar-refractivity contribution in [3.8, 4) is 11.5 Å². The SMILES string of the molecule is CCCOc1ccc(CNC(=O)Cc2nc(CC(=O)[O-])cs2)cc1OCC. The average molecular weight is 391 g/mol. The van der Waals surface area contributed by atoms with Gasteiger partial charge in [0.15, 0.2) is 11.5 Å². The van der Waals surface area contributed by atoms with Crippen molar-refractivity contribution in [1.29, 1.82) is 0 Å². The number of ether oxygens (including phenoxy) is 2. The van der Waals surface area contributed by atoms with Crippen molar-refractivity contribution in [3.05, 3.63) is 39.8 Å². The van der Waals surface area contributed by atoms with Gasteiger partial charge in [-0.25, -0.2) is 4.98 Å². The van der Waals surface area contributed by atoms with Gasteiger partial charge < -0.3 is 24.7 Å². The highest BCUT2D eigenvalue weighted by molar-refractivity contribution is 7.09. The molecule has 0 fully saturated rings. The zero-order valence-electron chi connectivity index (χ0n) is 15.4. The first-order valence-electron chi connectivity index (χ1n) is 8.80. The van der Waals surface area contributed by atoms with Gasteiger partial charge in [-0.2, -0.15) is 0 Å². The van der Waals surface area contributed by atoms with Crippen LogP contribution in [0.15, 0.2) is 23.6 Å². The van der Waals surface area contributed by atoms with Crippen LogP contribution < -0.4 is 19.9 Å². The van der Waals surface area contributed by atoms with Crippen molar-refractivity contribution in [2.75, 3.05) is 13.2 Å². The molecule has 1 heterocycles. The van der Waals surface area contributed by atoms with E-state index in [1.807, 2.05) is 32.0 Å². The highest BCUT2D eigenvalue weighted by Gasteiger charge is 2.10. The maximum atomic E-state index is 12.1. The zero-order chi connectivity index (χ0) is 19.6. The van der Waals surface area contributed by atoms with Crippen molar-refractivity contribution in [2.24, 2.45) is 0 Å². The molecule has 0 spiro atoms. The van der Waals surface area contributed by atoms with E-state index in [1.54, 1.807) is 5.38 Å². The summed E-state index contributed by atoms with van der Waals surface area (Å²) in [4.78, 5) is 26.8. The van der Waals surface area contributed by atoms with Crippen molar-refractivity contribution >= 4 is 23.2 Å². The van der Waals surface area contributed by atoms with E-state index in [0.29, 0.717) is 42.0 Å². The second-order valence-electron chi connectivity index (χ2n) is 5.80. The van der Waals surface area contributed by atoms with E-state index < -0.39 is 5.97 Å². The second-order valence-corrected chi connectivity index (χ2v) is 6.74. The van der Waals surface area contributed by atoms with Crippen LogP contribution in [0.1, 0.15) is 36.5 Å². The predicted molar refractivity (Wildman–Crippen MR) is 99.8 cm³/mol. The number of carbonyl (C=O) groups is 2. The lowest BCUT2D eigenvalue weighted by molar-refractivity contribution is -0.304. The summed E-state index contributed by atoms with van der Waals surface area (Å²) >= 11 is 1.26. The number of benzene rings is 1. The minimum atomic E-state index is -1.19. The largest absolute Gasteiger partial charge is 0.550 e. The molecule has 0 aliphatic rings. The molecule has 0 saturated carbocycles. The van der Waals surface area contributed by atoms with Crippen LogP contribution in [0.25, 0.3) is 0 Å². The third-order valence-electron chi connectivity index (χ3n) is 3.50. The molecule has 1 aromatic carbocycles. The van der Waals surface area contributed by atoms with E-state index in [1.165, 1.54) is 11.3 Å². The summed E-state index contributed by atoms with van der Waals surface area (Å²) in [7, 11) is 0. The van der Waals surface area contributed by atoms with Crippen molar-refractivity contribution in [3.63, 3.8) is 0 Å². The molecule has 1 aromatic heterocycles. The van der Waals surface area contributed by atoms with Crippen LogP contribution in [-0.4, -0.2) is 30.1 Å². The summed E-state index contributed by atoms with van der Waals surface area (Å²) in [5.41, 5.74) is 1.30. The fourth-order valence-corrected chi connectivity index (χ4v) is 3.11. The second kappa shape index (κ2) is 10.5. The molecule has 0 aliphatic carbocycles. The minimum absolute atomic E-state index is 0.105. The number of carboxylic acid groups (broad SMARTS) is 1. The first kappa shape index (κ1) is 20.7. The normalized spacial score (nSPS) is 10.4. The number of nitrogens with zero attached hydrogens (tertiary/aromatic N) is 1. The minimum Gasteiger partial charge on any atom is -0.550 e.